The van der Waals surface area contributed by atoms with Crippen molar-refractivity contribution in [2.45, 2.75) is 27.4 Å². The molecule has 2 aromatic rings. The van der Waals surface area contributed by atoms with E-state index in [-0.39, 0.29) is 12.5 Å². The van der Waals surface area contributed by atoms with Crippen molar-refractivity contribution in [3.63, 3.8) is 0 Å². The number of amides is 1. The van der Waals surface area contributed by atoms with Gasteiger partial charge in [-0.15, -0.1) is 11.3 Å². The van der Waals surface area contributed by atoms with Crippen LogP contribution in [0.4, 0.5) is 5.00 Å². The number of aromatic nitrogens is 1. The monoisotopic (exact) mass is 294 g/mol. The standard InChI is InChI=1S/C13H14N2O4S/c1-7-10(8(2)19-15-7)6-18-13(17)11-4-5-12(20-11)14-9(3)16/h4-5H,6H2,1-3H3,(H,14,16). The topological polar surface area (TPSA) is 81.4 Å². The Labute approximate surface area is 119 Å². The average molecular weight is 294 g/mol. The molecule has 0 aliphatic rings. The maximum Gasteiger partial charge on any atom is 0.348 e. The highest BCUT2D eigenvalue weighted by molar-refractivity contribution is 7.18. The van der Waals surface area contributed by atoms with Crippen LogP contribution in [0.3, 0.4) is 0 Å². The van der Waals surface area contributed by atoms with E-state index in [1.165, 1.54) is 18.3 Å². The molecule has 20 heavy (non-hydrogen) atoms. The maximum absolute atomic E-state index is 11.9. The highest BCUT2D eigenvalue weighted by Crippen LogP contribution is 2.23. The van der Waals surface area contributed by atoms with Crippen LogP contribution in [0, 0.1) is 13.8 Å². The van der Waals surface area contributed by atoms with E-state index in [1.54, 1.807) is 26.0 Å². The minimum absolute atomic E-state index is 0.118. The number of carbonyl (C=O) groups excluding carboxylic acids is 2. The Morgan fingerprint density at radius 3 is 2.75 bits per heavy atom. The van der Waals surface area contributed by atoms with Gasteiger partial charge in [0.25, 0.3) is 0 Å². The van der Waals surface area contributed by atoms with Crippen LogP contribution < -0.4 is 5.32 Å². The SMILES string of the molecule is CC(=O)Nc1ccc(C(=O)OCc2c(C)noc2C)s1. The lowest BCUT2D eigenvalue weighted by molar-refractivity contribution is -0.114. The molecular weight excluding hydrogens is 280 g/mol. The molecule has 2 heterocycles. The summed E-state index contributed by atoms with van der Waals surface area (Å²) in [5, 5.41) is 7.02. The summed E-state index contributed by atoms with van der Waals surface area (Å²) in [6, 6.07) is 3.28. The van der Waals surface area contributed by atoms with E-state index in [9.17, 15) is 9.59 Å². The Morgan fingerprint density at radius 1 is 1.40 bits per heavy atom. The van der Waals surface area contributed by atoms with Gasteiger partial charge in [-0.1, -0.05) is 5.16 Å². The third kappa shape index (κ3) is 3.24. The van der Waals surface area contributed by atoms with Crippen molar-refractivity contribution in [1.82, 2.24) is 5.16 Å². The van der Waals surface area contributed by atoms with Gasteiger partial charge in [-0.3, -0.25) is 4.79 Å². The number of esters is 1. The van der Waals surface area contributed by atoms with E-state index in [2.05, 4.69) is 10.5 Å². The average Bonchev–Trinajstić information content (AvgIpc) is 2.95. The van der Waals surface area contributed by atoms with Crippen molar-refractivity contribution in [3.8, 4) is 0 Å². The summed E-state index contributed by atoms with van der Waals surface area (Å²) < 4.78 is 10.2. The summed E-state index contributed by atoms with van der Waals surface area (Å²) >= 11 is 1.17. The molecule has 0 fully saturated rings. The zero-order valence-electron chi connectivity index (χ0n) is 11.4. The van der Waals surface area contributed by atoms with Crippen molar-refractivity contribution >= 4 is 28.2 Å². The Morgan fingerprint density at radius 2 is 2.15 bits per heavy atom. The summed E-state index contributed by atoms with van der Waals surface area (Å²) in [5.41, 5.74) is 1.48. The van der Waals surface area contributed by atoms with Gasteiger partial charge in [0.15, 0.2) is 0 Å². The van der Waals surface area contributed by atoms with E-state index in [1.807, 2.05) is 0 Å². The minimum atomic E-state index is -0.438. The van der Waals surface area contributed by atoms with Crippen molar-refractivity contribution in [2.75, 3.05) is 5.32 Å². The predicted octanol–water partition coefficient (Wildman–Crippen LogP) is 2.67. The fraction of sp³-hybridized carbons (Fsp3) is 0.308. The number of aryl methyl sites for hydroxylation is 2. The number of anilines is 1. The molecule has 0 aliphatic carbocycles. The molecule has 0 bridgehead atoms. The minimum Gasteiger partial charge on any atom is -0.456 e. The molecule has 0 spiro atoms. The van der Waals surface area contributed by atoms with Crippen LogP contribution in [0.1, 0.15) is 33.6 Å². The second-order valence-corrected chi connectivity index (χ2v) is 5.31. The number of carbonyl (C=O) groups is 2. The van der Waals surface area contributed by atoms with Crippen LogP contribution in [0.2, 0.25) is 0 Å². The molecule has 2 rings (SSSR count). The molecule has 0 radical (unpaired) electrons. The first-order valence-corrected chi connectivity index (χ1v) is 6.75. The Kier molecular flexibility index (Phi) is 4.19. The molecule has 6 nitrogen and oxygen atoms in total. The van der Waals surface area contributed by atoms with Crippen molar-refractivity contribution in [1.29, 1.82) is 0 Å². The second kappa shape index (κ2) is 5.87. The molecule has 1 amide bonds. The smallest absolute Gasteiger partial charge is 0.348 e. The van der Waals surface area contributed by atoms with Crippen LogP contribution in [0.5, 0.6) is 0 Å². The number of rotatable bonds is 4. The number of hydrogen-bond acceptors (Lipinski definition) is 6. The highest BCUT2D eigenvalue weighted by Gasteiger charge is 2.15. The van der Waals surface area contributed by atoms with E-state index in [0.29, 0.717) is 21.3 Å². The molecule has 0 saturated carbocycles. The molecule has 2 aromatic heterocycles. The molecule has 106 valence electrons. The van der Waals surface area contributed by atoms with Crippen LogP contribution in [0.15, 0.2) is 16.7 Å². The molecule has 1 N–H and O–H groups in total. The number of nitrogens with zero attached hydrogens (tertiary/aromatic N) is 1. The van der Waals surface area contributed by atoms with Gasteiger partial charge in [0.2, 0.25) is 5.91 Å². The second-order valence-electron chi connectivity index (χ2n) is 4.22. The Balaban J connectivity index is 1.98. The van der Waals surface area contributed by atoms with Gasteiger partial charge >= 0.3 is 5.97 Å². The van der Waals surface area contributed by atoms with E-state index in [4.69, 9.17) is 9.26 Å². The maximum atomic E-state index is 11.9. The lowest BCUT2D eigenvalue weighted by Gasteiger charge is -2.02. The molecule has 0 unspecified atom stereocenters. The van der Waals surface area contributed by atoms with E-state index in [0.717, 1.165) is 5.56 Å². The van der Waals surface area contributed by atoms with Gasteiger partial charge in [0.1, 0.15) is 17.2 Å². The van der Waals surface area contributed by atoms with Gasteiger partial charge < -0.3 is 14.6 Å². The van der Waals surface area contributed by atoms with Crippen molar-refractivity contribution in [3.05, 3.63) is 34.0 Å². The number of nitrogens with one attached hydrogen (secondary N) is 1. The van der Waals surface area contributed by atoms with Crippen molar-refractivity contribution < 1.29 is 18.8 Å². The Hall–Kier alpha value is -2.15. The summed E-state index contributed by atoms with van der Waals surface area (Å²) in [4.78, 5) is 23.2. The van der Waals surface area contributed by atoms with Crippen LogP contribution in [-0.4, -0.2) is 17.0 Å². The number of thiophene rings is 1. The molecular formula is C13H14N2O4S. The first-order valence-electron chi connectivity index (χ1n) is 5.93. The summed E-state index contributed by atoms with van der Waals surface area (Å²) in [6.45, 7) is 5.09. The van der Waals surface area contributed by atoms with E-state index >= 15 is 0 Å². The van der Waals surface area contributed by atoms with Gasteiger partial charge in [0, 0.05) is 6.92 Å². The number of hydrogen-bond donors (Lipinski definition) is 1. The third-order valence-electron chi connectivity index (χ3n) is 2.64. The van der Waals surface area contributed by atoms with E-state index < -0.39 is 5.97 Å². The largest absolute Gasteiger partial charge is 0.456 e. The zero-order chi connectivity index (χ0) is 14.7. The van der Waals surface area contributed by atoms with Gasteiger partial charge in [-0.25, -0.2) is 4.79 Å². The lowest BCUT2D eigenvalue weighted by atomic mass is 10.2. The summed E-state index contributed by atoms with van der Waals surface area (Å²) in [5.74, 6) is 0.0227. The first-order chi connectivity index (χ1) is 9.47. The highest BCUT2D eigenvalue weighted by atomic mass is 32.1. The molecule has 0 saturated heterocycles. The predicted molar refractivity (Wildman–Crippen MR) is 73.7 cm³/mol. The fourth-order valence-corrected chi connectivity index (χ4v) is 2.45. The molecule has 7 heteroatoms. The molecule has 0 aliphatic heterocycles. The van der Waals surface area contributed by atoms with Crippen LogP contribution in [0.25, 0.3) is 0 Å². The molecule has 0 atom stereocenters. The third-order valence-corrected chi connectivity index (χ3v) is 3.62. The summed E-state index contributed by atoms with van der Waals surface area (Å²) in [6.07, 6.45) is 0. The lowest BCUT2D eigenvalue weighted by Crippen LogP contribution is -2.05. The quantitative estimate of drug-likeness (QED) is 0.877. The fourth-order valence-electron chi connectivity index (χ4n) is 1.61. The summed E-state index contributed by atoms with van der Waals surface area (Å²) in [7, 11) is 0. The Bertz CT molecular complexity index is 625. The van der Waals surface area contributed by atoms with Crippen LogP contribution >= 0.6 is 11.3 Å². The normalized spacial score (nSPS) is 10.3. The van der Waals surface area contributed by atoms with Gasteiger partial charge in [0.05, 0.1) is 16.3 Å². The van der Waals surface area contributed by atoms with Crippen LogP contribution in [-0.2, 0) is 16.1 Å². The molecule has 0 aromatic carbocycles. The zero-order valence-corrected chi connectivity index (χ0v) is 12.2. The van der Waals surface area contributed by atoms with Gasteiger partial charge in [-0.2, -0.15) is 0 Å². The van der Waals surface area contributed by atoms with Gasteiger partial charge in [-0.05, 0) is 26.0 Å². The first kappa shape index (κ1) is 14.3. The number of ether oxygens (including phenoxy) is 1. The van der Waals surface area contributed by atoms with Crippen molar-refractivity contribution in [2.24, 2.45) is 0 Å².